The molecule has 4 rings (SSSR count). The topological polar surface area (TPSA) is 46.3 Å². The smallest absolute Gasteiger partial charge is 0.177 e. The molecule has 1 saturated heterocycles. The van der Waals surface area contributed by atoms with Gasteiger partial charge in [0.05, 0.1) is 5.56 Å². The normalized spacial score (nSPS) is 15.0. The lowest BCUT2D eigenvalue weighted by Crippen LogP contribution is -2.34. The van der Waals surface area contributed by atoms with Crippen molar-refractivity contribution in [1.29, 1.82) is 0 Å². The number of aromatic nitrogens is 4. The van der Waals surface area contributed by atoms with Crippen molar-refractivity contribution < 1.29 is 0 Å². The van der Waals surface area contributed by atoms with Gasteiger partial charge in [-0.1, -0.05) is 49.0 Å². The number of benzene rings is 1. The predicted molar refractivity (Wildman–Crippen MR) is 107 cm³/mol. The largest absolute Gasteiger partial charge is 0.354 e. The Bertz CT molecular complexity index is 872. The summed E-state index contributed by atoms with van der Waals surface area (Å²) in [5.41, 5.74) is 3.16. The van der Waals surface area contributed by atoms with Crippen molar-refractivity contribution in [3.8, 4) is 11.1 Å². The molecule has 3 aromatic rings. The zero-order valence-corrected chi connectivity index (χ0v) is 16.1. The minimum absolute atomic E-state index is 0.838. The van der Waals surface area contributed by atoms with Crippen LogP contribution < -0.4 is 4.90 Å². The maximum atomic E-state index is 5.06. The number of aryl methyl sites for hydroxylation is 1. The summed E-state index contributed by atoms with van der Waals surface area (Å²) in [6.45, 7) is 4.16. The summed E-state index contributed by atoms with van der Waals surface area (Å²) in [5, 5.41) is 9.95. The average Bonchev–Trinajstić information content (AvgIpc) is 3.12. The first-order valence-corrected chi connectivity index (χ1v) is 10.9. The minimum atomic E-state index is 0.838. The Morgan fingerprint density at radius 1 is 1.12 bits per heavy atom. The van der Waals surface area contributed by atoms with Gasteiger partial charge in [-0.3, -0.25) is 4.40 Å². The Morgan fingerprint density at radius 3 is 2.56 bits per heavy atom. The van der Waals surface area contributed by atoms with Crippen LogP contribution in [0.3, 0.4) is 0 Å². The fourth-order valence-corrected chi connectivity index (χ4v) is 4.66. The second kappa shape index (κ2) is 7.25. The summed E-state index contributed by atoms with van der Waals surface area (Å²) < 4.78 is 2.12. The molecule has 0 amide bonds. The van der Waals surface area contributed by atoms with E-state index in [2.05, 4.69) is 56.9 Å². The van der Waals surface area contributed by atoms with Crippen LogP contribution in [0.5, 0.6) is 0 Å². The summed E-state index contributed by atoms with van der Waals surface area (Å²) >= 11 is 3.66. The van der Waals surface area contributed by atoms with Gasteiger partial charge in [0.15, 0.2) is 10.8 Å². The van der Waals surface area contributed by atoms with Crippen molar-refractivity contribution in [3.05, 3.63) is 36.2 Å². The number of hydrogen-bond donors (Lipinski definition) is 0. The summed E-state index contributed by atoms with van der Waals surface area (Å²) in [7, 11) is 0. The Hall–Kier alpha value is -1.73. The van der Waals surface area contributed by atoms with E-state index in [0.717, 1.165) is 64.6 Å². The van der Waals surface area contributed by atoms with E-state index >= 15 is 0 Å². The van der Waals surface area contributed by atoms with Gasteiger partial charge in [0.1, 0.15) is 11.6 Å². The molecule has 1 aromatic carbocycles. The Balaban J connectivity index is 2.02. The van der Waals surface area contributed by atoms with Gasteiger partial charge in [-0.25, -0.2) is 4.98 Å². The first kappa shape index (κ1) is 16.7. The van der Waals surface area contributed by atoms with Crippen LogP contribution in [0.4, 0.5) is 5.82 Å². The molecule has 1 aliphatic rings. The SMILES string of the molecule is CCc1nnc2c(-c3ccccc3)c(N3CCSCC3)nc(SC)n12. The van der Waals surface area contributed by atoms with Crippen molar-refractivity contribution in [2.24, 2.45) is 0 Å². The number of rotatable bonds is 4. The van der Waals surface area contributed by atoms with Gasteiger partial charge >= 0.3 is 0 Å². The van der Waals surface area contributed by atoms with Crippen LogP contribution in [0, 0.1) is 0 Å². The summed E-state index contributed by atoms with van der Waals surface area (Å²) in [6.07, 6.45) is 2.91. The van der Waals surface area contributed by atoms with Crippen LogP contribution in [0.1, 0.15) is 12.7 Å². The second-order valence-corrected chi connectivity index (χ2v) is 7.89. The third-order valence-electron chi connectivity index (χ3n) is 4.44. The predicted octanol–water partition coefficient (Wildman–Crippen LogP) is 3.63. The lowest BCUT2D eigenvalue weighted by atomic mass is 10.1. The molecule has 7 heteroatoms. The molecule has 0 atom stereocenters. The number of nitrogens with zero attached hydrogens (tertiary/aromatic N) is 5. The van der Waals surface area contributed by atoms with Gasteiger partial charge in [0.25, 0.3) is 0 Å². The molecular formula is C18H21N5S2. The van der Waals surface area contributed by atoms with Crippen LogP contribution in [0.15, 0.2) is 35.5 Å². The molecule has 1 fully saturated rings. The Labute approximate surface area is 156 Å². The highest BCUT2D eigenvalue weighted by Crippen LogP contribution is 2.36. The van der Waals surface area contributed by atoms with E-state index in [0.29, 0.717) is 0 Å². The van der Waals surface area contributed by atoms with E-state index in [1.54, 1.807) is 11.8 Å². The molecule has 0 radical (unpaired) electrons. The zero-order valence-electron chi connectivity index (χ0n) is 14.5. The van der Waals surface area contributed by atoms with E-state index in [9.17, 15) is 0 Å². The van der Waals surface area contributed by atoms with Crippen LogP contribution in [-0.4, -0.2) is 50.4 Å². The van der Waals surface area contributed by atoms with E-state index in [1.165, 1.54) is 0 Å². The summed E-state index contributed by atoms with van der Waals surface area (Å²) in [5.74, 6) is 4.29. The third kappa shape index (κ3) is 3.00. The van der Waals surface area contributed by atoms with E-state index in [1.807, 2.05) is 17.8 Å². The highest BCUT2D eigenvalue weighted by atomic mass is 32.2. The van der Waals surface area contributed by atoms with Gasteiger partial charge in [0.2, 0.25) is 0 Å². The zero-order chi connectivity index (χ0) is 17.2. The molecule has 0 N–H and O–H groups in total. The van der Waals surface area contributed by atoms with Crippen molar-refractivity contribution in [3.63, 3.8) is 0 Å². The van der Waals surface area contributed by atoms with Crippen LogP contribution >= 0.6 is 23.5 Å². The first-order chi connectivity index (χ1) is 12.3. The number of hydrogen-bond acceptors (Lipinski definition) is 6. The van der Waals surface area contributed by atoms with Crippen molar-refractivity contribution >= 4 is 35.0 Å². The van der Waals surface area contributed by atoms with Crippen LogP contribution in [0.2, 0.25) is 0 Å². The Kier molecular flexibility index (Phi) is 4.85. The lowest BCUT2D eigenvalue weighted by molar-refractivity contribution is 0.783. The van der Waals surface area contributed by atoms with E-state index in [4.69, 9.17) is 4.98 Å². The molecule has 0 aliphatic carbocycles. The Morgan fingerprint density at radius 2 is 1.88 bits per heavy atom. The molecule has 130 valence electrons. The molecule has 1 aliphatic heterocycles. The first-order valence-electron chi connectivity index (χ1n) is 8.53. The summed E-state index contributed by atoms with van der Waals surface area (Å²) in [6, 6.07) is 10.5. The quantitative estimate of drug-likeness (QED) is 0.515. The molecule has 0 saturated carbocycles. The standard InChI is InChI=1S/C18H21N5S2/c1-3-14-20-21-17-15(13-7-5-4-6-8-13)16(19-18(24-2)23(14)17)22-9-11-25-12-10-22/h4-8H,3,9-12H2,1-2H3. The maximum Gasteiger partial charge on any atom is 0.177 e. The van der Waals surface area contributed by atoms with Gasteiger partial charge in [0, 0.05) is 31.0 Å². The van der Waals surface area contributed by atoms with Gasteiger partial charge in [-0.15, -0.1) is 10.2 Å². The van der Waals surface area contributed by atoms with E-state index in [-0.39, 0.29) is 0 Å². The van der Waals surface area contributed by atoms with Crippen LogP contribution in [-0.2, 0) is 6.42 Å². The number of thioether (sulfide) groups is 2. The fraction of sp³-hybridized carbons (Fsp3) is 0.389. The molecule has 5 nitrogen and oxygen atoms in total. The maximum absolute atomic E-state index is 5.06. The molecule has 25 heavy (non-hydrogen) atoms. The third-order valence-corrected chi connectivity index (χ3v) is 6.02. The fourth-order valence-electron chi connectivity index (χ4n) is 3.21. The molecule has 0 spiro atoms. The summed E-state index contributed by atoms with van der Waals surface area (Å²) in [4.78, 5) is 7.46. The molecular weight excluding hydrogens is 350 g/mol. The second-order valence-electron chi connectivity index (χ2n) is 5.89. The monoisotopic (exact) mass is 371 g/mol. The van der Waals surface area contributed by atoms with Gasteiger partial charge in [-0.2, -0.15) is 11.8 Å². The highest BCUT2D eigenvalue weighted by molar-refractivity contribution is 7.99. The number of anilines is 1. The lowest BCUT2D eigenvalue weighted by Gasteiger charge is -2.29. The number of fused-ring (bicyclic) bond motifs is 1. The van der Waals surface area contributed by atoms with Crippen molar-refractivity contribution in [1.82, 2.24) is 19.6 Å². The van der Waals surface area contributed by atoms with Crippen molar-refractivity contribution in [2.45, 2.75) is 18.5 Å². The van der Waals surface area contributed by atoms with E-state index < -0.39 is 0 Å². The van der Waals surface area contributed by atoms with Gasteiger partial charge < -0.3 is 4.90 Å². The van der Waals surface area contributed by atoms with Crippen LogP contribution in [0.25, 0.3) is 16.8 Å². The minimum Gasteiger partial charge on any atom is -0.354 e. The average molecular weight is 372 g/mol. The molecule has 3 heterocycles. The van der Waals surface area contributed by atoms with Crippen molar-refractivity contribution in [2.75, 3.05) is 35.8 Å². The molecule has 0 unspecified atom stereocenters. The molecule has 0 bridgehead atoms. The highest BCUT2D eigenvalue weighted by Gasteiger charge is 2.24. The molecule has 2 aromatic heterocycles. The van der Waals surface area contributed by atoms with Gasteiger partial charge in [-0.05, 0) is 11.8 Å².